The number of carboxylic acid groups (broad SMARTS) is 3. The minimum atomic E-state index is -1.02. The molecular weight excluding hydrogens is 602 g/mol. The number of aliphatic carboxylic acids is 3. The summed E-state index contributed by atoms with van der Waals surface area (Å²) >= 11 is 0. The molecule has 1 aliphatic heterocycles. The number of carbonyl (C=O) groups is 5. The van der Waals surface area contributed by atoms with Crippen molar-refractivity contribution in [2.75, 3.05) is 85.1 Å². The van der Waals surface area contributed by atoms with E-state index in [2.05, 4.69) is 10.8 Å². The lowest BCUT2D eigenvalue weighted by molar-refractivity contribution is -0.140. The first-order valence-electron chi connectivity index (χ1n) is 15.5. The zero-order valence-electron chi connectivity index (χ0n) is 26.6. The molecule has 258 valence electrons. The van der Waals surface area contributed by atoms with Crippen molar-refractivity contribution in [1.29, 1.82) is 0 Å². The van der Waals surface area contributed by atoms with Crippen molar-refractivity contribution >= 4 is 29.7 Å². The molecule has 2 amide bonds. The quantitative estimate of drug-likeness (QED) is 0.0834. The second kappa shape index (κ2) is 21.2. The number of rotatable bonds is 17. The summed E-state index contributed by atoms with van der Waals surface area (Å²) in [6.45, 7) is 4.59. The number of hydroxylamine groups is 1. The highest BCUT2D eigenvalue weighted by atomic mass is 16.6. The Labute approximate surface area is 269 Å². The lowest BCUT2D eigenvalue weighted by Gasteiger charge is -2.32. The molecule has 1 atom stereocenters. The molecule has 16 nitrogen and oxygen atoms in total. The molecule has 0 bridgehead atoms. The predicted octanol–water partition coefficient (Wildman–Crippen LogP) is -1.50. The largest absolute Gasteiger partial charge is 0.480 e. The van der Waals surface area contributed by atoms with Crippen LogP contribution in [0.1, 0.15) is 30.9 Å². The Hall–Kier alpha value is -3.67. The van der Waals surface area contributed by atoms with E-state index >= 15 is 0 Å². The highest BCUT2D eigenvalue weighted by Gasteiger charge is 2.21. The average molecular weight is 652 g/mol. The zero-order chi connectivity index (χ0) is 33.9. The summed E-state index contributed by atoms with van der Waals surface area (Å²) in [5.41, 5.74) is 10.1. The number of amides is 2. The zero-order valence-corrected chi connectivity index (χ0v) is 26.6. The molecule has 46 heavy (non-hydrogen) atoms. The fourth-order valence-corrected chi connectivity index (χ4v) is 4.80. The van der Waals surface area contributed by atoms with E-state index in [4.69, 9.17) is 10.6 Å². The summed E-state index contributed by atoms with van der Waals surface area (Å²) in [5, 5.41) is 31.0. The Morgan fingerprint density at radius 3 is 1.57 bits per heavy atom. The molecule has 0 radical (unpaired) electrons. The molecule has 7 N–H and O–H groups in total. The molecule has 1 saturated heterocycles. The van der Waals surface area contributed by atoms with Gasteiger partial charge in [-0.1, -0.05) is 37.6 Å². The van der Waals surface area contributed by atoms with Crippen LogP contribution >= 0.6 is 0 Å². The van der Waals surface area contributed by atoms with Gasteiger partial charge < -0.3 is 26.4 Å². The molecule has 16 heteroatoms. The summed E-state index contributed by atoms with van der Waals surface area (Å²) in [6, 6.07) is 6.60. The molecule has 0 aromatic heterocycles. The van der Waals surface area contributed by atoms with Crippen LogP contribution in [0.3, 0.4) is 0 Å². The number of unbranched alkanes of at least 4 members (excludes halogenated alkanes) is 1. The van der Waals surface area contributed by atoms with Crippen LogP contribution in [0.2, 0.25) is 0 Å². The van der Waals surface area contributed by atoms with E-state index in [0.29, 0.717) is 65.4 Å². The normalized spacial score (nSPS) is 16.9. The molecule has 0 unspecified atom stereocenters. The fraction of sp³-hybridized carbons (Fsp3) is 0.633. The summed E-state index contributed by atoms with van der Waals surface area (Å²) in [7, 11) is 0. The summed E-state index contributed by atoms with van der Waals surface area (Å²) in [4.78, 5) is 71.4. The molecule has 1 aliphatic rings. The van der Waals surface area contributed by atoms with Crippen molar-refractivity contribution in [3.63, 3.8) is 0 Å². The molecule has 2 rings (SSSR count). The number of nitrogens with one attached hydrogen (secondary N) is 2. The van der Waals surface area contributed by atoms with Crippen molar-refractivity contribution in [1.82, 2.24) is 30.4 Å². The Bertz CT molecular complexity index is 1090. The van der Waals surface area contributed by atoms with E-state index < -0.39 is 29.9 Å². The van der Waals surface area contributed by atoms with Crippen molar-refractivity contribution in [3.8, 4) is 0 Å². The third-order valence-electron chi connectivity index (χ3n) is 7.45. The van der Waals surface area contributed by atoms with Crippen LogP contribution in [-0.4, -0.2) is 156 Å². The first-order chi connectivity index (χ1) is 21.9. The smallest absolute Gasteiger partial charge is 0.317 e. The lowest BCUT2D eigenvalue weighted by atomic mass is 10.0. The van der Waals surface area contributed by atoms with Crippen molar-refractivity contribution in [3.05, 3.63) is 35.4 Å². The van der Waals surface area contributed by atoms with Gasteiger partial charge in [0.1, 0.15) is 0 Å². The van der Waals surface area contributed by atoms with Gasteiger partial charge in [-0.15, -0.1) is 0 Å². The third kappa shape index (κ3) is 16.6. The number of benzene rings is 1. The van der Waals surface area contributed by atoms with E-state index in [1.165, 1.54) is 0 Å². The van der Waals surface area contributed by atoms with Crippen LogP contribution in [0.4, 0.5) is 0 Å². The van der Waals surface area contributed by atoms with Gasteiger partial charge >= 0.3 is 17.9 Å². The highest BCUT2D eigenvalue weighted by molar-refractivity contribution is 5.80. The van der Waals surface area contributed by atoms with Gasteiger partial charge in [-0.3, -0.25) is 48.4 Å². The van der Waals surface area contributed by atoms with Crippen molar-refractivity contribution in [2.45, 2.75) is 38.8 Å². The topological polar surface area (TPSA) is 218 Å². The van der Waals surface area contributed by atoms with Gasteiger partial charge in [0, 0.05) is 58.9 Å². The first-order valence-corrected chi connectivity index (χ1v) is 15.5. The standard InChI is InChI=1S/C30H49N7O9/c1-2-3-16-46-33-30(45)25(31)17-23-4-6-24(7-5-23)18-32-26(38)19-34-8-10-35(20-27(39)40)12-14-37(22-29(43)44)15-13-36(11-9-34)21-28(41)42/h4-7,25H,2-3,8-22,31H2,1H3,(H,32,38)(H,33,45)(H,39,40)(H,41,42)(H,43,44)/t25-/m1/s1. The van der Waals surface area contributed by atoms with Crippen LogP contribution in [-0.2, 0) is 41.8 Å². The van der Waals surface area contributed by atoms with E-state index in [1.54, 1.807) is 14.7 Å². The van der Waals surface area contributed by atoms with Crippen LogP contribution in [0.15, 0.2) is 24.3 Å². The number of hydrogen-bond acceptors (Lipinski definition) is 11. The summed E-state index contributed by atoms with van der Waals surface area (Å²) in [5.74, 6) is -3.69. The molecule has 0 spiro atoms. The van der Waals surface area contributed by atoms with E-state index in [-0.39, 0.29) is 38.6 Å². The molecule has 0 saturated carbocycles. The van der Waals surface area contributed by atoms with Crippen LogP contribution in [0.25, 0.3) is 0 Å². The van der Waals surface area contributed by atoms with Crippen LogP contribution < -0.4 is 16.5 Å². The maximum atomic E-state index is 12.9. The lowest BCUT2D eigenvalue weighted by Crippen LogP contribution is -2.49. The van der Waals surface area contributed by atoms with Gasteiger partial charge in [0.05, 0.1) is 38.8 Å². The number of carbonyl (C=O) groups excluding carboxylic acids is 2. The van der Waals surface area contributed by atoms with E-state index in [0.717, 1.165) is 24.0 Å². The Morgan fingerprint density at radius 2 is 1.15 bits per heavy atom. The van der Waals surface area contributed by atoms with E-state index in [9.17, 15) is 39.3 Å². The SMILES string of the molecule is CCCCONC(=O)[C@H](N)Cc1ccc(CNC(=O)CN2CCN(CC(=O)O)CCN(CC(=O)O)CCN(CC(=O)O)CC2)cc1. The molecule has 1 heterocycles. The van der Waals surface area contributed by atoms with Gasteiger partial charge in [-0.25, -0.2) is 5.48 Å². The molecule has 0 aliphatic carbocycles. The minimum absolute atomic E-state index is 0.0232. The van der Waals surface area contributed by atoms with Gasteiger partial charge in [0.25, 0.3) is 5.91 Å². The maximum Gasteiger partial charge on any atom is 0.317 e. The highest BCUT2D eigenvalue weighted by Crippen LogP contribution is 2.07. The molecule has 1 aromatic rings. The van der Waals surface area contributed by atoms with Gasteiger partial charge in [0.15, 0.2) is 0 Å². The number of nitrogens with two attached hydrogens (primary N) is 1. The second-order valence-corrected chi connectivity index (χ2v) is 11.4. The van der Waals surface area contributed by atoms with Crippen molar-refractivity contribution in [2.24, 2.45) is 5.73 Å². The predicted molar refractivity (Wildman–Crippen MR) is 168 cm³/mol. The second-order valence-electron chi connectivity index (χ2n) is 11.4. The van der Waals surface area contributed by atoms with E-state index in [1.807, 2.05) is 36.1 Å². The van der Waals surface area contributed by atoms with Crippen LogP contribution in [0, 0.1) is 0 Å². The van der Waals surface area contributed by atoms with Crippen LogP contribution in [0.5, 0.6) is 0 Å². The molecule has 1 fully saturated rings. The van der Waals surface area contributed by atoms with Gasteiger partial charge in [-0.05, 0) is 24.0 Å². The summed E-state index contributed by atoms with van der Waals surface area (Å²) in [6.07, 6.45) is 2.10. The molecule has 1 aromatic carbocycles. The van der Waals surface area contributed by atoms with Gasteiger partial charge in [-0.2, -0.15) is 0 Å². The number of hydrogen-bond donors (Lipinski definition) is 6. The van der Waals surface area contributed by atoms with Gasteiger partial charge in [0.2, 0.25) is 5.91 Å². The fourth-order valence-electron chi connectivity index (χ4n) is 4.80. The number of carboxylic acids is 3. The van der Waals surface area contributed by atoms with Crippen molar-refractivity contribution < 1.29 is 44.1 Å². The monoisotopic (exact) mass is 651 g/mol. The Morgan fingerprint density at radius 1 is 0.739 bits per heavy atom. The maximum absolute atomic E-state index is 12.9. The summed E-state index contributed by atoms with van der Waals surface area (Å²) < 4.78 is 0. The first kappa shape index (κ1) is 38.5. The molecular formula is C30H49N7O9. The number of nitrogens with zero attached hydrogens (tertiary/aromatic N) is 4. The minimum Gasteiger partial charge on any atom is -0.480 e. The Balaban J connectivity index is 1.96. The Kier molecular flexibility index (Phi) is 17.7. The third-order valence-corrected chi connectivity index (χ3v) is 7.45. The average Bonchev–Trinajstić information content (AvgIpc) is 2.99.